The summed E-state index contributed by atoms with van der Waals surface area (Å²) >= 11 is 4.28. The van der Waals surface area contributed by atoms with Crippen molar-refractivity contribution in [3.05, 3.63) is 77.9 Å². The first-order valence-corrected chi connectivity index (χ1v) is 6.47. The van der Waals surface area contributed by atoms with E-state index in [-0.39, 0.29) is 0 Å². The average molecular weight is 240 g/mol. The Labute approximate surface area is 108 Å². The largest absolute Gasteiger partial charge is 0.179 e. The van der Waals surface area contributed by atoms with Crippen LogP contribution in [0.5, 0.6) is 0 Å². The van der Waals surface area contributed by atoms with Gasteiger partial charge in [0, 0.05) is 0 Å². The molecule has 0 fully saturated rings. The summed E-state index contributed by atoms with van der Waals surface area (Å²) in [6.07, 6.45) is 3.25. The molecule has 0 aliphatic carbocycles. The van der Waals surface area contributed by atoms with Crippen molar-refractivity contribution in [3.8, 4) is 0 Å². The molecule has 0 amide bonds. The molecule has 0 aliphatic heterocycles. The highest BCUT2D eigenvalue weighted by Crippen LogP contribution is 2.23. The number of hydrogen-bond acceptors (Lipinski definition) is 1. The van der Waals surface area contributed by atoms with E-state index in [9.17, 15) is 0 Å². The first kappa shape index (κ1) is 12.0. The number of benzene rings is 2. The van der Waals surface area contributed by atoms with E-state index in [2.05, 4.69) is 67.2 Å². The molecule has 0 bridgehead atoms. The van der Waals surface area contributed by atoms with Gasteiger partial charge in [0.15, 0.2) is 0 Å². The van der Waals surface area contributed by atoms with Crippen molar-refractivity contribution in [2.24, 2.45) is 0 Å². The highest BCUT2D eigenvalue weighted by atomic mass is 32.1. The Bertz CT molecular complexity index is 430. The lowest BCUT2D eigenvalue weighted by Gasteiger charge is -2.08. The first-order valence-electron chi connectivity index (χ1n) is 5.83. The summed E-state index contributed by atoms with van der Waals surface area (Å²) in [5.74, 6) is 0.878. The van der Waals surface area contributed by atoms with Gasteiger partial charge in [-0.15, -0.1) is 0 Å². The molecule has 0 spiro atoms. The van der Waals surface area contributed by atoms with Crippen LogP contribution in [0.4, 0.5) is 0 Å². The molecule has 0 N–H and O–H groups in total. The normalized spacial score (nSPS) is 9.94. The van der Waals surface area contributed by atoms with Crippen LogP contribution >= 0.6 is 12.6 Å². The average Bonchev–Trinajstić information content (AvgIpc) is 2.42. The molecule has 0 saturated carbocycles. The summed E-state index contributed by atoms with van der Waals surface area (Å²) in [6, 6.07) is 21.0. The van der Waals surface area contributed by atoms with Gasteiger partial charge in [0.25, 0.3) is 0 Å². The van der Waals surface area contributed by atoms with Gasteiger partial charge in [-0.05, 0) is 28.9 Å². The van der Waals surface area contributed by atoms with E-state index in [0.29, 0.717) is 0 Å². The Kier molecular flexibility index (Phi) is 4.45. The molecule has 0 unspecified atom stereocenters. The smallest absolute Gasteiger partial charge is 0.00629 e. The quantitative estimate of drug-likeness (QED) is 0.750. The number of allylic oxidation sites excluding steroid dienone is 1. The second-order valence-corrected chi connectivity index (χ2v) is 4.31. The zero-order valence-electron chi connectivity index (χ0n) is 9.71. The van der Waals surface area contributed by atoms with Crippen molar-refractivity contribution in [3.63, 3.8) is 0 Å². The molecule has 0 saturated heterocycles. The van der Waals surface area contributed by atoms with Crippen LogP contribution < -0.4 is 0 Å². The molecule has 2 rings (SSSR count). The monoisotopic (exact) mass is 240 g/mol. The van der Waals surface area contributed by atoms with E-state index in [1.54, 1.807) is 0 Å². The van der Waals surface area contributed by atoms with E-state index in [0.717, 1.165) is 12.2 Å². The molecule has 0 nitrogen and oxygen atoms in total. The summed E-state index contributed by atoms with van der Waals surface area (Å²) < 4.78 is 0. The fraction of sp³-hybridized carbons (Fsp3) is 0.125. The second kappa shape index (κ2) is 6.31. The lowest BCUT2D eigenvalue weighted by Crippen LogP contribution is -1.88. The van der Waals surface area contributed by atoms with Crippen LogP contribution in [-0.2, 0) is 0 Å². The molecule has 1 heteroatoms. The van der Waals surface area contributed by atoms with Gasteiger partial charge in [0.2, 0.25) is 0 Å². The van der Waals surface area contributed by atoms with E-state index in [4.69, 9.17) is 0 Å². The van der Waals surface area contributed by atoms with Crippen molar-refractivity contribution in [2.75, 3.05) is 5.75 Å². The van der Waals surface area contributed by atoms with Crippen LogP contribution in [0.15, 0.2) is 66.7 Å². The predicted octanol–water partition coefficient (Wildman–Crippen LogP) is 4.44. The van der Waals surface area contributed by atoms with Crippen LogP contribution in [0.25, 0.3) is 5.57 Å². The van der Waals surface area contributed by atoms with Gasteiger partial charge < -0.3 is 0 Å². The molecule has 17 heavy (non-hydrogen) atoms. The summed E-state index contributed by atoms with van der Waals surface area (Å²) in [5, 5.41) is 0. The minimum atomic E-state index is 0.878. The van der Waals surface area contributed by atoms with Crippen LogP contribution in [-0.4, -0.2) is 5.75 Å². The molecule has 0 heterocycles. The van der Waals surface area contributed by atoms with Gasteiger partial charge in [-0.25, -0.2) is 0 Å². The highest BCUT2D eigenvalue weighted by molar-refractivity contribution is 7.80. The summed E-state index contributed by atoms with van der Waals surface area (Å²) in [7, 11) is 0. The SMILES string of the molecule is SCCC=C(c1ccccc1)c1ccccc1. The zero-order chi connectivity index (χ0) is 11.9. The van der Waals surface area contributed by atoms with Crippen molar-refractivity contribution in [2.45, 2.75) is 6.42 Å². The maximum Gasteiger partial charge on any atom is -0.00629 e. The van der Waals surface area contributed by atoms with Gasteiger partial charge in [0.1, 0.15) is 0 Å². The van der Waals surface area contributed by atoms with Gasteiger partial charge in [-0.1, -0.05) is 66.7 Å². The molecular formula is C16H16S. The van der Waals surface area contributed by atoms with Gasteiger partial charge in [0.05, 0.1) is 0 Å². The highest BCUT2D eigenvalue weighted by Gasteiger charge is 2.02. The molecule has 2 aromatic rings. The van der Waals surface area contributed by atoms with E-state index >= 15 is 0 Å². The topological polar surface area (TPSA) is 0 Å². The van der Waals surface area contributed by atoms with E-state index in [1.165, 1.54) is 16.7 Å². The molecule has 0 aromatic heterocycles. The molecule has 86 valence electrons. The maximum absolute atomic E-state index is 4.28. The number of rotatable bonds is 4. The third-order valence-electron chi connectivity index (χ3n) is 2.65. The van der Waals surface area contributed by atoms with E-state index in [1.807, 2.05) is 12.1 Å². The second-order valence-electron chi connectivity index (χ2n) is 3.86. The summed E-state index contributed by atoms with van der Waals surface area (Å²) in [6.45, 7) is 0. The van der Waals surface area contributed by atoms with Crippen molar-refractivity contribution >= 4 is 18.2 Å². The standard InChI is InChI=1S/C16H16S/c17-13-7-12-16(14-8-3-1-4-9-14)15-10-5-2-6-11-15/h1-6,8-12,17H,7,13H2. The predicted molar refractivity (Wildman–Crippen MR) is 78.4 cm³/mol. The number of thiol groups is 1. The van der Waals surface area contributed by atoms with Crippen LogP contribution in [0.3, 0.4) is 0 Å². The Balaban J connectivity index is 2.40. The summed E-state index contributed by atoms with van der Waals surface area (Å²) in [5.41, 5.74) is 3.82. The van der Waals surface area contributed by atoms with Crippen molar-refractivity contribution in [1.82, 2.24) is 0 Å². The van der Waals surface area contributed by atoms with Crippen molar-refractivity contribution in [1.29, 1.82) is 0 Å². The van der Waals surface area contributed by atoms with E-state index < -0.39 is 0 Å². The van der Waals surface area contributed by atoms with Crippen LogP contribution in [0.2, 0.25) is 0 Å². The maximum atomic E-state index is 4.28. The molecule has 2 aromatic carbocycles. The fourth-order valence-electron chi connectivity index (χ4n) is 1.85. The molecule has 0 atom stereocenters. The lowest BCUT2D eigenvalue weighted by atomic mass is 9.97. The van der Waals surface area contributed by atoms with Gasteiger partial charge >= 0.3 is 0 Å². The Hall–Kier alpha value is -1.47. The Morgan fingerprint density at radius 1 is 0.824 bits per heavy atom. The van der Waals surface area contributed by atoms with Crippen LogP contribution in [0.1, 0.15) is 17.5 Å². The van der Waals surface area contributed by atoms with Crippen molar-refractivity contribution < 1.29 is 0 Å². The fourth-order valence-corrected chi connectivity index (χ4v) is 1.98. The van der Waals surface area contributed by atoms with Gasteiger partial charge in [-0.3, -0.25) is 0 Å². The zero-order valence-corrected chi connectivity index (χ0v) is 10.6. The molecule has 0 aliphatic rings. The Morgan fingerprint density at radius 2 is 1.29 bits per heavy atom. The third-order valence-corrected chi connectivity index (χ3v) is 2.91. The molecular weight excluding hydrogens is 224 g/mol. The third kappa shape index (κ3) is 3.24. The first-order chi connectivity index (χ1) is 8.42. The van der Waals surface area contributed by atoms with Crippen LogP contribution in [0, 0.1) is 0 Å². The minimum absolute atomic E-state index is 0.878. The lowest BCUT2D eigenvalue weighted by molar-refractivity contribution is 1.25. The Morgan fingerprint density at radius 3 is 1.71 bits per heavy atom. The minimum Gasteiger partial charge on any atom is -0.179 e. The summed E-state index contributed by atoms with van der Waals surface area (Å²) in [4.78, 5) is 0. The molecule has 0 radical (unpaired) electrons. The number of hydrogen-bond donors (Lipinski definition) is 1. The van der Waals surface area contributed by atoms with Gasteiger partial charge in [-0.2, -0.15) is 12.6 Å².